The summed E-state index contributed by atoms with van der Waals surface area (Å²) in [6.45, 7) is 2.83. The van der Waals surface area contributed by atoms with E-state index in [-0.39, 0.29) is 18.1 Å². The van der Waals surface area contributed by atoms with Gasteiger partial charge >= 0.3 is 0 Å². The van der Waals surface area contributed by atoms with Gasteiger partial charge in [-0.2, -0.15) is 0 Å². The zero-order valence-electron chi connectivity index (χ0n) is 14.5. The molecule has 138 valence electrons. The van der Waals surface area contributed by atoms with Gasteiger partial charge in [-0.25, -0.2) is 0 Å². The molecule has 5 nitrogen and oxygen atoms in total. The third-order valence-corrected chi connectivity index (χ3v) is 4.84. The van der Waals surface area contributed by atoms with Gasteiger partial charge in [0.15, 0.2) is 11.5 Å². The molecule has 0 saturated heterocycles. The Kier molecular flexibility index (Phi) is 5.91. The summed E-state index contributed by atoms with van der Waals surface area (Å²) >= 11 is 12.0. The molecule has 0 aliphatic carbocycles. The fourth-order valence-electron chi connectivity index (χ4n) is 2.66. The molecule has 3 rings (SSSR count). The van der Waals surface area contributed by atoms with Crippen LogP contribution in [0.15, 0.2) is 42.5 Å². The highest BCUT2D eigenvalue weighted by Gasteiger charge is 2.26. The van der Waals surface area contributed by atoms with Crippen molar-refractivity contribution in [3.05, 3.63) is 52.5 Å². The quantitative estimate of drug-likeness (QED) is 0.829. The van der Waals surface area contributed by atoms with Crippen LogP contribution in [-0.2, 0) is 4.79 Å². The molecule has 0 fully saturated rings. The summed E-state index contributed by atoms with van der Waals surface area (Å²) in [6.07, 6.45) is -0.149. The van der Waals surface area contributed by atoms with Crippen molar-refractivity contribution in [3.8, 4) is 11.5 Å². The number of nitrogens with one attached hydrogen (secondary N) is 1. The van der Waals surface area contributed by atoms with E-state index in [1.54, 1.807) is 18.2 Å². The maximum absolute atomic E-state index is 12.5. The second-order valence-electron chi connectivity index (χ2n) is 6.23. The average molecular weight is 395 g/mol. The van der Waals surface area contributed by atoms with E-state index in [2.05, 4.69) is 5.32 Å². The van der Waals surface area contributed by atoms with Crippen molar-refractivity contribution < 1.29 is 14.3 Å². The summed E-state index contributed by atoms with van der Waals surface area (Å²) in [7, 11) is 1.87. The lowest BCUT2D eigenvalue weighted by Gasteiger charge is -2.31. The van der Waals surface area contributed by atoms with E-state index in [1.807, 2.05) is 43.1 Å². The molecule has 0 radical (unpaired) electrons. The van der Waals surface area contributed by atoms with E-state index in [9.17, 15) is 4.79 Å². The van der Waals surface area contributed by atoms with Crippen LogP contribution in [0.2, 0.25) is 10.0 Å². The molecule has 0 saturated carbocycles. The lowest BCUT2D eigenvalue weighted by atomic mass is 10.2. The molecule has 2 aromatic carbocycles. The molecular weight excluding hydrogens is 375 g/mol. The molecule has 1 heterocycles. The van der Waals surface area contributed by atoms with Crippen LogP contribution in [-0.4, -0.2) is 43.2 Å². The zero-order valence-corrected chi connectivity index (χ0v) is 16.1. The molecule has 2 aromatic rings. The number of halogens is 2. The van der Waals surface area contributed by atoms with Crippen LogP contribution >= 0.6 is 23.2 Å². The van der Waals surface area contributed by atoms with Gasteiger partial charge in [0.1, 0.15) is 12.7 Å². The van der Waals surface area contributed by atoms with Gasteiger partial charge in [-0.05, 0) is 44.3 Å². The summed E-state index contributed by atoms with van der Waals surface area (Å²) in [6, 6.07) is 12.1. The number of carbonyl (C=O) groups excluding carboxylic acids is 1. The van der Waals surface area contributed by atoms with Crippen molar-refractivity contribution >= 4 is 34.8 Å². The highest BCUT2D eigenvalue weighted by Crippen LogP contribution is 2.31. The number of hydrogen-bond donors (Lipinski definition) is 1. The van der Waals surface area contributed by atoms with E-state index in [0.717, 1.165) is 11.5 Å². The normalized spacial score (nSPS) is 17.0. The standard InChI is InChI=1S/C19H20Cl2N2O3/c1-12(19(24)22-16-8-7-13(20)9-15(16)21)23(2)10-14-11-25-17-5-3-4-6-18(17)26-14/h3-9,12,14H,10-11H2,1-2H3,(H,22,24)/t12-,14-/m1/s1. The minimum absolute atomic E-state index is 0.149. The number of likely N-dealkylation sites (N-methyl/N-ethyl adjacent to an activating group) is 1. The maximum Gasteiger partial charge on any atom is 0.241 e. The molecule has 0 spiro atoms. The highest BCUT2D eigenvalue weighted by molar-refractivity contribution is 6.36. The van der Waals surface area contributed by atoms with Crippen molar-refractivity contribution in [1.82, 2.24) is 4.90 Å². The van der Waals surface area contributed by atoms with E-state index in [0.29, 0.717) is 28.9 Å². The zero-order chi connectivity index (χ0) is 18.7. The van der Waals surface area contributed by atoms with Crippen LogP contribution in [0.1, 0.15) is 6.92 Å². The molecule has 2 atom stereocenters. The second-order valence-corrected chi connectivity index (χ2v) is 7.07. The largest absolute Gasteiger partial charge is 0.486 e. The first kappa shape index (κ1) is 18.8. The van der Waals surface area contributed by atoms with Crippen LogP contribution < -0.4 is 14.8 Å². The lowest BCUT2D eigenvalue weighted by molar-refractivity contribution is -0.120. The number of ether oxygens (including phenoxy) is 2. The van der Waals surface area contributed by atoms with Gasteiger partial charge in [0, 0.05) is 11.6 Å². The fraction of sp³-hybridized carbons (Fsp3) is 0.316. The molecule has 1 aliphatic rings. The molecule has 0 bridgehead atoms. The Hall–Kier alpha value is -1.95. The predicted octanol–water partition coefficient (Wildman–Crippen LogP) is 4.09. The van der Waals surface area contributed by atoms with Crippen LogP contribution in [0.4, 0.5) is 5.69 Å². The summed E-state index contributed by atoms with van der Waals surface area (Å²) in [5, 5.41) is 3.75. The first-order valence-electron chi connectivity index (χ1n) is 8.28. The monoisotopic (exact) mass is 394 g/mol. The van der Waals surface area contributed by atoms with Gasteiger partial charge in [0.05, 0.1) is 16.8 Å². The Morgan fingerprint density at radius 1 is 1.27 bits per heavy atom. The second kappa shape index (κ2) is 8.16. The molecule has 7 heteroatoms. The Morgan fingerprint density at radius 2 is 2.00 bits per heavy atom. The fourth-order valence-corrected chi connectivity index (χ4v) is 3.12. The van der Waals surface area contributed by atoms with Crippen molar-refractivity contribution in [2.24, 2.45) is 0 Å². The smallest absolute Gasteiger partial charge is 0.241 e. The predicted molar refractivity (Wildman–Crippen MR) is 104 cm³/mol. The molecule has 0 aromatic heterocycles. The third kappa shape index (κ3) is 4.41. The average Bonchev–Trinajstić information content (AvgIpc) is 2.63. The van der Waals surface area contributed by atoms with Crippen molar-refractivity contribution in [1.29, 1.82) is 0 Å². The van der Waals surface area contributed by atoms with E-state index >= 15 is 0 Å². The van der Waals surface area contributed by atoms with Crippen molar-refractivity contribution in [2.75, 3.05) is 25.5 Å². The number of carbonyl (C=O) groups is 1. The van der Waals surface area contributed by atoms with E-state index < -0.39 is 0 Å². The maximum atomic E-state index is 12.5. The first-order chi connectivity index (χ1) is 12.4. The topological polar surface area (TPSA) is 50.8 Å². The molecule has 1 N–H and O–H groups in total. The molecular formula is C19H20Cl2N2O3. The number of fused-ring (bicyclic) bond motifs is 1. The van der Waals surface area contributed by atoms with Gasteiger partial charge in [-0.1, -0.05) is 35.3 Å². The summed E-state index contributed by atoms with van der Waals surface area (Å²) in [5.41, 5.74) is 0.535. The van der Waals surface area contributed by atoms with Gasteiger partial charge in [-0.15, -0.1) is 0 Å². The Balaban J connectivity index is 1.57. The number of anilines is 1. The van der Waals surface area contributed by atoms with Crippen LogP contribution in [0.5, 0.6) is 11.5 Å². The molecule has 1 amide bonds. The van der Waals surface area contributed by atoms with Crippen LogP contribution in [0.25, 0.3) is 0 Å². The lowest BCUT2D eigenvalue weighted by Crippen LogP contribution is -2.46. The molecule has 0 unspecified atom stereocenters. The number of para-hydroxylation sites is 2. The number of nitrogens with zero attached hydrogens (tertiary/aromatic N) is 1. The highest BCUT2D eigenvalue weighted by atomic mass is 35.5. The minimum Gasteiger partial charge on any atom is -0.486 e. The number of rotatable bonds is 5. The SMILES string of the molecule is C[C@H](C(=O)Nc1ccc(Cl)cc1Cl)N(C)C[C@@H]1COc2ccccc2O1. The van der Waals surface area contributed by atoms with Gasteiger partial charge in [-0.3, -0.25) is 9.69 Å². The third-order valence-electron chi connectivity index (χ3n) is 4.29. The summed E-state index contributed by atoms with van der Waals surface area (Å²) < 4.78 is 11.7. The number of benzene rings is 2. The Bertz CT molecular complexity index is 800. The van der Waals surface area contributed by atoms with Crippen molar-refractivity contribution in [2.45, 2.75) is 19.1 Å². The first-order valence-corrected chi connectivity index (χ1v) is 9.04. The Morgan fingerprint density at radius 3 is 2.73 bits per heavy atom. The van der Waals surface area contributed by atoms with Crippen molar-refractivity contribution in [3.63, 3.8) is 0 Å². The van der Waals surface area contributed by atoms with E-state index in [1.165, 1.54) is 0 Å². The Labute approximate surface area is 162 Å². The van der Waals surface area contributed by atoms with Crippen LogP contribution in [0, 0.1) is 0 Å². The summed E-state index contributed by atoms with van der Waals surface area (Å²) in [4.78, 5) is 14.4. The van der Waals surface area contributed by atoms with Gasteiger partial charge in [0.25, 0.3) is 0 Å². The van der Waals surface area contributed by atoms with Gasteiger partial charge < -0.3 is 14.8 Å². The molecule has 26 heavy (non-hydrogen) atoms. The summed E-state index contributed by atoms with van der Waals surface area (Å²) in [5.74, 6) is 1.31. The number of hydrogen-bond acceptors (Lipinski definition) is 4. The van der Waals surface area contributed by atoms with Crippen LogP contribution in [0.3, 0.4) is 0 Å². The molecule has 1 aliphatic heterocycles. The van der Waals surface area contributed by atoms with E-state index in [4.69, 9.17) is 32.7 Å². The number of amides is 1. The minimum atomic E-state index is -0.373. The van der Waals surface area contributed by atoms with Gasteiger partial charge in [0.2, 0.25) is 5.91 Å².